The zero-order valence-corrected chi connectivity index (χ0v) is 11.7. The van der Waals surface area contributed by atoms with Gasteiger partial charge >= 0.3 is 0 Å². The molecule has 4 nitrogen and oxygen atoms in total. The van der Waals surface area contributed by atoms with E-state index in [4.69, 9.17) is 0 Å². The van der Waals surface area contributed by atoms with E-state index in [1.807, 2.05) is 0 Å². The molecule has 0 aliphatic heterocycles. The number of nitrogens with one attached hydrogen (secondary N) is 1. The van der Waals surface area contributed by atoms with Gasteiger partial charge in [-0.15, -0.1) is 0 Å². The topological polar surface area (TPSA) is 45.2 Å². The van der Waals surface area contributed by atoms with Gasteiger partial charge in [0, 0.05) is 19.3 Å². The van der Waals surface area contributed by atoms with Crippen molar-refractivity contribution in [2.45, 2.75) is 6.92 Å². The summed E-state index contributed by atoms with van der Waals surface area (Å²) in [4.78, 5) is 17.9. The van der Waals surface area contributed by atoms with E-state index in [-0.39, 0.29) is 11.4 Å². The molecule has 1 heterocycles. The van der Waals surface area contributed by atoms with Gasteiger partial charge in [-0.1, -0.05) is 0 Å². The number of hydrogen-bond acceptors (Lipinski definition) is 3. The van der Waals surface area contributed by atoms with E-state index in [9.17, 15) is 13.6 Å². The lowest BCUT2D eigenvalue weighted by atomic mass is 10.2. The van der Waals surface area contributed by atoms with Crippen LogP contribution in [0.2, 0.25) is 0 Å². The van der Waals surface area contributed by atoms with E-state index in [0.717, 1.165) is 12.3 Å². The summed E-state index contributed by atoms with van der Waals surface area (Å²) in [6.45, 7) is 2.15. The summed E-state index contributed by atoms with van der Waals surface area (Å²) in [6.07, 6.45) is 1.04. The molecule has 0 saturated heterocycles. The maximum absolute atomic E-state index is 13.4. The van der Waals surface area contributed by atoms with Gasteiger partial charge in [-0.3, -0.25) is 4.79 Å². The van der Waals surface area contributed by atoms with Crippen LogP contribution in [0, 0.1) is 11.6 Å². The highest BCUT2D eigenvalue weighted by molar-refractivity contribution is 6.09. The molecule has 110 valence electrons. The number of benzene rings is 1. The quantitative estimate of drug-likeness (QED) is 0.941. The number of anilines is 2. The number of amides is 1. The summed E-state index contributed by atoms with van der Waals surface area (Å²) in [6, 6.07) is 6.68. The Labute approximate surface area is 121 Å². The zero-order valence-electron chi connectivity index (χ0n) is 11.7. The van der Waals surface area contributed by atoms with E-state index in [1.165, 1.54) is 29.2 Å². The van der Waals surface area contributed by atoms with Crippen LogP contribution in [0.5, 0.6) is 0 Å². The van der Waals surface area contributed by atoms with Crippen LogP contribution in [0.25, 0.3) is 0 Å². The van der Waals surface area contributed by atoms with Gasteiger partial charge < -0.3 is 10.2 Å². The Bertz CT molecular complexity index is 644. The second-order valence-corrected chi connectivity index (χ2v) is 4.33. The van der Waals surface area contributed by atoms with Crippen LogP contribution in [-0.4, -0.2) is 24.5 Å². The molecule has 0 saturated carbocycles. The molecular formula is C15H15F2N3O. The SMILES string of the molecule is CCN(C(=O)c1cc(F)cnc1NC)c1ccc(F)cc1. The largest absolute Gasteiger partial charge is 0.372 e. The molecule has 0 radical (unpaired) electrons. The molecule has 1 N–H and O–H groups in total. The van der Waals surface area contributed by atoms with Crippen molar-refractivity contribution in [2.24, 2.45) is 0 Å². The number of halogens is 2. The van der Waals surface area contributed by atoms with Crippen molar-refractivity contribution in [1.82, 2.24) is 4.98 Å². The monoisotopic (exact) mass is 291 g/mol. The molecule has 2 aromatic rings. The van der Waals surface area contributed by atoms with Gasteiger partial charge in [0.15, 0.2) is 0 Å². The minimum Gasteiger partial charge on any atom is -0.372 e. The number of pyridine rings is 1. The Morgan fingerprint density at radius 1 is 1.24 bits per heavy atom. The molecule has 0 bridgehead atoms. The van der Waals surface area contributed by atoms with Crippen LogP contribution in [0.15, 0.2) is 36.5 Å². The molecule has 6 heteroatoms. The molecule has 1 aromatic heterocycles. The van der Waals surface area contributed by atoms with Crippen molar-refractivity contribution in [3.63, 3.8) is 0 Å². The molecular weight excluding hydrogens is 276 g/mol. The molecule has 0 atom stereocenters. The second kappa shape index (κ2) is 6.30. The van der Waals surface area contributed by atoms with E-state index < -0.39 is 11.7 Å². The lowest BCUT2D eigenvalue weighted by molar-refractivity contribution is 0.0988. The maximum Gasteiger partial charge on any atom is 0.262 e. The van der Waals surface area contributed by atoms with Crippen molar-refractivity contribution >= 4 is 17.4 Å². The van der Waals surface area contributed by atoms with Gasteiger partial charge in [0.05, 0.1) is 11.8 Å². The molecule has 0 unspecified atom stereocenters. The van der Waals surface area contributed by atoms with Gasteiger partial charge in [0.25, 0.3) is 5.91 Å². The number of carbonyl (C=O) groups excluding carboxylic acids is 1. The lowest BCUT2D eigenvalue weighted by Gasteiger charge is -2.22. The highest BCUT2D eigenvalue weighted by Gasteiger charge is 2.20. The highest BCUT2D eigenvalue weighted by atomic mass is 19.1. The molecule has 0 spiro atoms. The molecule has 0 fully saturated rings. The van der Waals surface area contributed by atoms with Gasteiger partial charge in [-0.05, 0) is 37.3 Å². The first-order chi connectivity index (χ1) is 10.1. The smallest absolute Gasteiger partial charge is 0.262 e. The van der Waals surface area contributed by atoms with E-state index in [0.29, 0.717) is 18.1 Å². The summed E-state index contributed by atoms with van der Waals surface area (Å²) in [5.74, 6) is -1.08. The van der Waals surface area contributed by atoms with Gasteiger partial charge in [0.1, 0.15) is 17.5 Å². The fourth-order valence-corrected chi connectivity index (χ4v) is 2.01. The third kappa shape index (κ3) is 3.16. The van der Waals surface area contributed by atoms with E-state index in [1.54, 1.807) is 14.0 Å². The van der Waals surface area contributed by atoms with Crippen LogP contribution in [-0.2, 0) is 0 Å². The predicted molar refractivity (Wildman–Crippen MR) is 77.5 cm³/mol. The average Bonchev–Trinajstić information content (AvgIpc) is 2.49. The Hall–Kier alpha value is -2.50. The third-order valence-electron chi connectivity index (χ3n) is 3.02. The van der Waals surface area contributed by atoms with E-state index in [2.05, 4.69) is 10.3 Å². The number of nitrogens with zero attached hydrogens (tertiary/aromatic N) is 2. The minimum atomic E-state index is -0.590. The Morgan fingerprint density at radius 2 is 1.90 bits per heavy atom. The summed E-state index contributed by atoms with van der Waals surface area (Å²) in [5.41, 5.74) is 0.666. The molecule has 0 aliphatic rings. The standard InChI is InChI=1S/C15H15F2N3O/c1-3-20(12-6-4-10(16)5-7-12)15(21)13-8-11(17)9-19-14(13)18-2/h4-9H,3H2,1-2H3,(H,18,19). The van der Waals surface area contributed by atoms with Crippen molar-refractivity contribution in [3.8, 4) is 0 Å². The minimum absolute atomic E-state index is 0.128. The van der Waals surface area contributed by atoms with Crippen LogP contribution in [0.4, 0.5) is 20.3 Å². The van der Waals surface area contributed by atoms with Crippen LogP contribution in [0.3, 0.4) is 0 Å². The normalized spacial score (nSPS) is 10.3. The second-order valence-electron chi connectivity index (χ2n) is 4.33. The average molecular weight is 291 g/mol. The van der Waals surface area contributed by atoms with Crippen molar-refractivity contribution < 1.29 is 13.6 Å². The number of carbonyl (C=O) groups is 1. The molecule has 21 heavy (non-hydrogen) atoms. The first-order valence-corrected chi connectivity index (χ1v) is 6.47. The van der Waals surface area contributed by atoms with Crippen LogP contribution >= 0.6 is 0 Å². The van der Waals surface area contributed by atoms with Crippen molar-refractivity contribution in [2.75, 3.05) is 23.8 Å². The molecule has 1 aromatic carbocycles. The first-order valence-electron chi connectivity index (χ1n) is 6.47. The fraction of sp³-hybridized carbons (Fsp3) is 0.200. The van der Waals surface area contributed by atoms with Crippen molar-refractivity contribution in [3.05, 3.63) is 53.7 Å². The maximum atomic E-state index is 13.4. The summed E-state index contributed by atoms with van der Waals surface area (Å²) >= 11 is 0. The summed E-state index contributed by atoms with van der Waals surface area (Å²) in [7, 11) is 1.60. The highest BCUT2D eigenvalue weighted by Crippen LogP contribution is 2.21. The van der Waals surface area contributed by atoms with Gasteiger partial charge in [-0.25, -0.2) is 13.8 Å². The summed E-state index contributed by atoms with van der Waals surface area (Å²) in [5, 5.41) is 2.76. The van der Waals surface area contributed by atoms with E-state index >= 15 is 0 Å². The molecule has 1 amide bonds. The fourth-order valence-electron chi connectivity index (χ4n) is 2.01. The Balaban J connectivity index is 2.41. The predicted octanol–water partition coefficient (Wildman–Crippen LogP) is 3.07. The first kappa shape index (κ1) is 14.9. The zero-order chi connectivity index (χ0) is 15.4. The lowest BCUT2D eigenvalue weighted by Crippen LogP contribution is -2.31. The third-order valence-corrected chi connectivity index (χ3v) is 3.02. The molecule has 0 aliphatic carbocycles. The Morgan fingerprint density at radius 3 is 2.48 bits per heavy atom. The van der Waals surface area contributed by atoms with Crippen LogP contribution < -0.4 is 10.2 Å². The Kier molecular flexibility index (Phi) is 4.47. The summed E-state index contributed by atoms with van der Waals surface area (Å²) < 4.78 is 26.3. The number of hydrogen-bond donors (Lipinski definition) is 1. The number of rotatable bonds is 4. The van der Waals surface area contributed by atoms with Gasteiger partial charge in [-0.2, -0.15) is 0 Å². The molecule has 2 rings (SSSR count). The van der Waals surface area contributed by atoms with Gasteiger partial charge in [0.2, 0.25) is 0 Å². The van der Waals surface area contributed by atoms with Crippen molar-refractivity contribution in [1.29, 1.82) is 0 Å². The number of aromatic nitrogens is 1. The van der Waals surface area contributed by atoms with Crippen LogP contribution in [0.1, 0.15) is 17.3 Å².